The number of rotatable bonds is 4. The van der Waals surface area contributed by atoms with Crippen LogP contribution in [-0.4, -0.2) is 11.1 Å². The first-order valence-corrected chi connectivity index (χ1v) is 6.81. The summed E-state index contributed by atoms with van der Waals surface area (Å²) in [4.78, 5) is 9.86. The first-order valence-electron chi connectivity index (χ1n) is 6.81. The van der Waals surface area contributed by atoms with E-state index < -0.39 is 39.8 Å². The summed E-state index contributed by atoms with van der Waals surface area (Å²) in [6.45, 7) is 0. The minimum Gasteiger partial charge on any atom is -0.272 e. The van der Waals surface area contributed by atoms with Gasteiger partial charge in [-0.15, -0.1) is 0 Å². The molecule has 0 unspecified atom stereocenters. The van der Waals surface area contributed by atoms with Gasteiger partial charge in [0.15, 0.2) is 0 Å². The van der Waals surface area contributed by atoms with Gasteiger partial charge in [0, 0.05) is 11.6 Å². The van der Waals surface area contributed by atoms with Crippen molar-refractivity contribution in [3.63, 3.8) is 0 Å². The third-order valence-corrected chi connectivity index (χ3v) is 3.18. The number of nitro groups is 1. The van der Waals surface area contributed by atoms with Gasteiger partial charge >= 0.3 is 12.4 Å². The first kappa shape index (κ1) is 19.2. The van der Waals surface area contributed by atoms with E-state index in [-0.39, 0.29) is 5.56 Å². The van der Waals surface area contributed by atoms with Gasteiger partial charge in [-0.25, -0.2) is 0 Å². The molecule has 0 spiro atoms. The van der Waals surface area contributed by atoms with Crippen LogP contribution < -0.4 is 5.43 Å². The molecule has 0 amide bonds. The van der Waals surface area contributed by atoms with Crippen LogP contribution in [0.15, 0.2) is 47.6 Å². The zero-order chi connectivity index (χ0) is 19.5. The molecule has 138 valence electrons. The zero-order valence-electron chi connectivity index (χ0n) is 12.6. The van der Waals surface area contributed by atoms with Crippen LogP contribution in [0, 0.1) is 10.1 Å². The summed E-state index contributed by atoms with van der Waals surface area (Å²) in [6, 6.07) is 6.12. The Morgan fingerprint density at radius 3 is 2.23 bits per heavy atom. The van der Waals surface area contributed by atoms with E-state index in [2.05, 4.69) is 10.5 Å². The predicted molar refractivity (Wildman–Crippen MR) is 80.8 cm³/mol. The molecule has 0 fully saturated rings. The van der Waals surface area contributed by atoms with Gasteiger partial charge in [-0.05, 0) is 18.2 Å². The van der Waals surface area contributed by atoms with Crippen molar-refractivity contribution in [1.29, 1.82) is 0 Å². The molecular formula is C15H9F6N3O2. The smallest absolute Gasteiger partial charge is 0.272 e. The Kier molecular flexibility index (Phi) is 5.19. The van der Waals surface area contributed by atoms with Gasteiger partial charge in [0.1, 0.15) is 5.69 Å². The van der Waals surface area contributed by atoms with Crippen molar-refractivity contribution in [3.8, 4) is 0 Å². The van der Waals surface area contributed by atoms with E-state index in [1.54, 1.807) is 0 Å². The van der Waals surface area contributed by atoms with E-state index in [1.807, 2.05) is 0 Å². The molecule has 0 aliphatic heterocycles. The van der Waals surface area contributed by atoms with E-state index in [1.165, 1.54) is 12.1 Å². The zero-order valence-corrected chi connectivity index (χ0v) is 12.6. The minimum absolute atomic E-state index is 0.307. The molecule has 2 aromatic carbocycles. The normalized spacial score (nSPS) is 12.4. The molecule has 0 aliphatic carbocycles. The third kappa shape index (κ3) is 4.49. The highest BCUT2D eigenvalue weighted by atomic mass is 19.4. The van der Waals surface area contributed by atoms with Gasteiger partial charge in [-0.1, -0.05) is 18.2 Å². The molecular weight excluding hydrogens is 368 g/mol. The van der Waals surface area contributed by atoms with Crippen LogP contribution in [-0.2, 0) is 12.4 Å². The van der Waals surface area contributed by atoms with Crippen LogP contribution in [0.25, 0.3) is 0 Å². The highest BCUT2D eigenvalue weighted by Gasteiger charge is 2.33. The third-order valence-electron chi connectivity index (χ3n) is 3.18. The highest BCUT2D eigenvalue weighted by molar-refractivity contribution is 5.83. The molecule has 1 N–H and O–H groups in total. The lowest BCUT2D eigenvalue weighted by atomic mass is 10.1. The molecule has 26 heavy (non-hydrogen) atoms. The van der Waals surface area contributed by atoms with Crippen molar-refractivity contribution in [1.82, 2.24) is 0 Å². The molecule has 2 aromatic rings. The minimum atomic E-state index is -4.78. The van der Waals surface area contributed by atoms with Gasteiger partial charge in [0.25, 0.3) is 5.69 Å². The second kappa shape index (κ2) is 7.02. The predicted octanol–water partition coefficient (Wildman–Crippen LogP) is 5.08. The second-order valence-electron chi connectivity index (χ2n) is 4.94. The molecule has 0 heterocycles. The van der Waals surface area contributed by atoms with Gasteiger partial charge in [0.05, 0.1) is 22.3 Å². The van der Waals surface area contributed by atoms with Crippen molar-refractivity contribution in [2.75, 3.05) is 5.43 Å². The number of nitro benzene ring substituents is 1. The quantitative estimate of drug-likeness (QED) is 0.350. The van der Waals surface area contributed by atoms with Crippen molar-refractivity contribution in [3.05, 3.63) is 69.3 Å². The summed E-state index contributed by atoms with van der Waals surface area (Å²) in [5.74, 6) is 0. The molecule has 0 saturated carbocycles. The average molecular weight is 377 g/mol. The van der Waals surface area contributed by atoms with Crippen molar-refractivity contribution >= 4 is 17.6 Å². The Morgan fingerprint density at radius 2 is 1.65 bits per heavy atom. The van der Waals surface area contributed by atoms with Gasteiger partial charge < -0.3 is 0 Å². The number of halogens is 6. The van der Waals surface area contributed by atoms with E-state index in [9.17, 15) is 36.5 Å². The van der Waals surface area contributed by atoms with Crippen LogP contribution in [0.3, 0.4) is 0 Å². The molecule has 0 atom stereocenters. The van der Waals surface area contributed by atoms with Crippen molar-refractivity contribution in [2.24, 2.45) is 5.10 Å². The van der Waals surface area contributed by atoms with E-state index >= 15 is 0 Å². The number of hydrogen-bond donors (Lipinski definition) is 1. The maximum Gasteiger partial charge on any atom is 0.417 e. The number of hydrogen-bond acceptors (Lipinski definition) is 4. The van der Waals surface area contributed by atoms with Crippen LogP contribution in [0.2, 0.25) is 0 Å². The average Bonchev–Trinajstić information content (AvgIpc) is 2.53. The van der Waals surface area contributed by atoms with Gasteiger partial charge in [-0.2, -0.15) is 31.4 Å². The van der Waals surface area contributed by atoms with E-state index in [4.69, 9.17) is 0 Å². The van der Waals surface area contributed by atoms with E-state index in [0.29, 0.717) is 12.1 Å². The molecule has 2 rings (SSSR count). The fraction of sp³-hybridized carbons (Fsp3) is 0.133. The van der Waals surface area contributed by atoms with Crippen molar-refractivity contribution < 1.29 is 31.3 Å². The lowest BCUT2D eigenvalue weighted by Crippen LogP contribution is -2.09. The second-order valence-corrected chi connectivity index (χ2v) is 4.94. The van der Waals surface area contributed by atoms with Crippen LogP contribution in [0.1, 0.15) is 16.7 Å². The number of nitrogens with zero attached hydrogens (tertiary/aromatic N) is 2. The molecule has 0 saturated heterocycles. The van der Waals surface area contributed by atoms with Crippen LogP contribution in [0.5, 0.6) is 0 Å². The fourth-order valence-electron chi connectivity index (χ4n) is 1.99. The first-order chi connectivity index (χ1) is 12.0. The van der Waals surface area contributed by atoms with Gasteiger partial charge in [-0.3, -0.25) is 15.5 Å². The lowest BCUT2D eigenvalue weighted by molar-refractivity contribution is -0.384. The molecule has 11 heteroatoms. The van der Waals surface area contributed by atoms with Crippen molar-refractivity contribution in [2.45, 2.75) is 12.4 Å². The molecule has 0 aliphatic rings. The summed E-state index contributed by atoms with van der Waals surface area (Å²) < 4.78 is 76.4. The Labute approximate surface area is 142 Å². The maximum absolute atomic E-state index is 12.8. The monoisotopic (exact) mass is 377 g/mol. The SMILES string of the molecule is O=[N+]([O-])c1cc(C(F)(F)F)ccc1NN=Cc1ccccc1C(F)(F)F. The number of hydrazone groups is 1. The maximum atomic E-state index is 12.8. The number of anilines is 1. The molecule has 0 bridgehead atoms. The highest BCUT2D eigenvalue weighted by Crippen LogP contribution is 2.35. The summed E-state index contributed by atoms with van der Waals surface area (Å²) in [5, 5.41) is 14.4. The summed E-state index contributed by atoms with van der Waals surface area (Å²) >= 11 is 0. The van der Waals surface area contributed by atoms with E-state index in [0.717, 1.165) is 24.4 Å². The lowest BCUT2D eigenvalue weighted by Gasteiger charge is -2.10. The Bertz CT molecular complexity index is 846. The van der Waals surface area contributed by atoms with Gasteiger partial charge in [0.2, 0.25) is 0 Å². The summed E-state index contributed by atoms with van der Waals surface area (Å²) in [6.07, 6.45) is -8.65. The van der Waals surface area contributed by atoms with Crippen LogP contribution >= 0.6 is 0 Å². The summed E-state index contributed by atoms with van der Waals surface area (Å²) in [5.41, 5.74) is -1.75. The standard InChI is InChI=1S/C15H9F6N3O2/c16-14(17,18)10-5-6-12(13(7-10)24(25)26)23-22-8-9-3-1-2-4-11(9)15(19,20)21/h1-8,23H. The van der Waals surface area contributed by atoms with Crippen LogP contribution in [0.4, 0.5) is 37.7 Å². The Hall–Kier alpha value is -3.11. The number of benzene rings is 2. The Balaban J connectivity index is 2.31. The number of nitrogens with one attached hydrogen (secondary N) is 1. The fourth-order valence-corrected chi connectivity index (χ4v) is 1.99. The molecule has 0 radical (unpaired) electrons. The Morgan fingerprint density at radius 1 is 1.00 bits per heavy atom. The molecule has 5 nitrogen and oxygen atoms in total. The summed E-state index contributed by atoms with van der Waals surface area (Å²) in [7, 11) is 0. The largest absolute Gasteiger partial charge is 0.417 e. The molecule has 0 aromatic heterocycles. The topological polar surface area (TPSA) is 67.5 Å². The number of alkyl halides is 6.